The van der Waals surface area contributed by atoms with Crippen LogP contribution >= 0.6 is 11.3 Å². The van der Waals surface area contributed by atoms with Crippen LogP contribution in [-0.2, 0) is 0 Å². The fourth-order valence-corrected chi connectivity index (χ4v) is 2.17. The lowest BCUT2D eigenvalue weighted by molar-refractivity contribution is 0.302. The van der Waals surface area contributed by atoms with Gasteiger partial charge in [0, 0.05) is 37.8 Å². The van der Waals surface area contributed by atoms with Gasteiger partial charge in [0.25, 0.3) is 0 Å². The number of hydrogen-bond donors (Lipinski definition) is 1. The summed E-state index contributed by atoms with van der Waals surface area (Å²) in [5.74, 6) is 0. The summed E-state index contributed by atoms with van der Waals surface area (Å²) in [7, 11) is 0. The quantitative estimate of drug-likeness (QED) is 0.339. The Morgan fingerprint density at radius 3 is 2.79 bits per heavy atom. The minimum absolute atomic E-state index is 0.879. The number of nitrogens with zero attached hydrogens (tertiary/aromatic N) is 4. The van der Waals surface area contributed by atoms with E-state index in [1.165, 1.54) is 6.34 Å². The summed E-state index contributed by atoms with van der Waals surface area (Å²) in [5.41, 5.74) is 0. The van der Waals surface area contributed by atoms with Gasteiger partial charge >= 0.3 is 0 Å². The smallest absolute Gasteiger partial charge is 0.185 e. The van der Waals surface area contributed by atoms with Crippen molar-refractivity contribution < 1.29 is 5.21 Å². The lowest BCUT2D eigenvalue weighted by atomic mass is 10.3. The minimum atomic E-state index is 0.879. The average Bonchev–Trinajstić information content (AvgIpc) is 2.72. The summed E-state index contributed by atoms with van der Waals surface area (Å²) >= 11 is 1.66. The van der Waals surface area contributed by atoms with Gasteiger partial charge in [-0.25, -0.2) is 4.98 Å². The minimum Gasteiger partial charge on any atom is -0.410 e. The van der Waals surface area contributed by atoms with Crippen LogP contribution in [0.3, 0.4) is 0 Å². The second kappa shape index (κ2) is 4.28. The Bertz CT molecular complexity index is 292. The van der Waals surface area contributed by atoms with E-state index >= 15 is 0 Å². The van der Waals surface area contributed by atoms with Crippen LogP contribution in [0.2, 0.25) is 0 Å². The standard InChI is InChI=1S/C8H12N4OS/c13-10-7-11-2-4-12(5-3-11)8-9-1-6-14-8/h1,6-7,13H,2-5H2. The second-order valence-corrected chi connectivity index (χ2v) is 3.94. The molecule has 6 heteroatoms. The van der Waals surface area contributed by atoms with Crippen molar-refractivity contribution in [3.8, 4) is 0 Å². The first-order valence-corrected chi connectivity index (χ1v) is 5.34. The third kappa shape index (κ3) is 1.95. The molecule has 0 aromatic carbocycles. The molecule has 5 nitrogen and oxygen atoms in total. The average molecular weight is 212 g/mol. The van der Waals surface area contributed by atoms with Crippen molar-refractivity contribution in [2.75, 3.05) is 31.1 Å². The van der Waals surface area contributed by atoms with Gasteiger partial charge in [-0.3, -0.25) is 0 Å². The van der Waals surface area contributed by atoms with Crippen molar-refractivity contribution in [2.45, 2.75) is 0 Å². The number of aromatic nitrogens is 1. The maximum atomic E-state index is 8.37. The molecule has 0 amide bonds. The van der Waals surface area contributed by atoms with Crippen molar-refractivity contribution in [1.29, 1.82) is 0 Å². The molecule has 1 aromatic heterocycles. The summed E-state index contributed by atoms with van der Waals surface area (Å²) in [6, 6.07) is 0. The Morgan fingerprint density at radius 2 is 2.21 bits per heavy atom. The topological polar surface area (TPSA) is 52.0 Å². The molecule has 1 saturated heterocycles. The Labute approximate surface area is 86.3 Å². The summed E-state index contributed by atoms with van der Waals surface area (Å²) in [6.45, 7) is 3.62. The molecule has 1 N–H and O–H groups in total. The normalized spacial score (nSPS) is 18.0. The van der Waals surface area contributed by atoms with Gasteiger partial charge in [-0.2, -0.15) is 0 Å². The van der Waals surface area contributed by atoms with Crippen molar-refractivity contribution in [3.63, 3.8) is 0 Å². The van der Waals surface area contributed by atoms with Crippen LogP contribution in [0.15, 0.2) is 16.7 Å². The first kappa shape index (κ1) is 9.26. The van der Waals surface area contributed by atoms with Crippen molar-refractivity contribution in [1.82, 2.24) is 9.88 Å². The van der Waals surface area contributed by atoms with E-state index in [0.717, 1.165) is 31.3 Å². The molecule has 2 heterocycles. The van der Waals surface area contributed by atoms with Crippen LogP contribution in [0, 0.1) is 0 Å². The highest BCUT2D eigenvalue weighted by molar-refractivity contribution is 7.13. The maximum Gasteiger partial charge on any atom is 0.185 e. The molecule has 0 spiro atoms. The van der Waals surface area contributed by atoms with Crippen LogP contribution in [0.25, 0.3) is 0 Å². The molecule has 0 aliphatic carbocycles. The number of anilines is 1. The summed E-state index contributed by atoms with van der Waals surface area (Å²) in [5, 5.41) is 14.4. The van der Waals surface area contributed by atoms with Crippen LogP contribution < -0.4 is 4.90 Å². The third-order valence-corrected chi connectivity index (χ3v) is 3.05. The predicted molar refractivity (Wildman–Crippen MR) is 56.2 cm³/mol. The molecule has 1 aliphatic rings. The molecule has 1 aliphatic heterocycles. The second-order valence-electron chi connectivity index (χ2n) is 3.07. The monoisotopic (exact) mass is 212 g/mol. The Hall–Kier alpha value is -1.30. The van der Waals surface area contributed by atoms with E-state index in [4.69, 9.17) is 5.21 Å². The SMILES string of the molecule is ON=CN1CCN(c2nccs2)CC1. The molecule has 1 aromatic rings. The Kier molecular flexibility index (Phi) is 2.83. The van der Waals surface area contributed by atoms with Gasteiger partial charge in [0.2, 0.25) is 0 Å². The van der Waals surface area contributed by atoms with Crippen LogP contribution in [0.1, 0.15) is 0 Å². The van der Waals surface area contributed by atoms with Crippen molar-refractivity contribution >= 4 is 22.8 Å². The molecule has 0 atom stereocenters. The van der Waals surface area contributed by atoms with Gasteiger partial charge < -0.3 is 15.0 Å². The fraction of sp³-hybridized carbons (Fsp3) is 0.500. The number of oxime groups is 1. The zero-order chi connectivity index (χ0) is 9.80. The molecule has 76 valence electrons. The van der Waals surface area contributed by atoms with Crippen molar-refractivity contribution in [2.24, 2.45) is 5.16 Å². The van der Waals surface area contributed by atoms with Crippen LogP contribution in [0.4, 0.5) is 5.13 Å². The summed E-state index contributed by atoms with van der Waals surface area (Å²) in [4.78, 5) is 8.49. The van der Waals surface area contributed by atoms with Gasteiger partial charge in [-0.1, -0.05) is 5.16 Å². The van der Waals surface area contributed by atoms with E-state index in [1.54, 1.807) is 11.3 Å². The Balaban J connectivity index is 1.90. The molecule has 1 fully saturated rings. The third-order valence-electron chi connectivity index (χ3n) is 2.22. The number of hydrogen-bond acceptors (Lipinski definition) is 5. The molecule has 0 unspecified atom stereocenters. The van der Waals surface area contributed by atoms with E-state index in [1.807, 2.05) is 16.5 Å². The first-order chi connectivity index (χ1) is 6.90. The summed E-state index contributed by atoms with van der Waals surface area (Å²) in [6.07, 6.45) is 3.29. The van der Waals surface area contributed by atoms with Gasteiger partial charge in [0.15, 0.2) is 5.13 Å². The van der Waals surface area contributed by atoms with E-state index in [2.05, 4.69) is 15.0 Å². The molecular weight excluding hydrogens is 200 g/mol. The number of rotatable bonds is 2. The van der Waals surface area contributed by atoms with E-state index in [0.29, 0.717) is 0 Å². The number of thiazole rings is 1. The van der Waals surface area contributed by atoms with E-state index in [9.17, 15) is 0 Å². The summed E-state index contributed by atoms with van der Waals surface area (Å²) < 4.78 is 0. The van der Waals surface area contributed by atoms with Gasteiger partial charge in [0.05, 0.1) is 0 Å². The van der Waals surface area contributed by atoms with Gasteiger partial charge in [-0.05, 0) is 0 Å². The molecular formula is C8H12N4OS. The highest BCUT2D eigenvalue weighted by Gasteiger charge is 2.16. The fourth-order valence-electron chi connectivity index (χ4n) is 1.47. The number of piperazine rings is 1. The predicted octanol–water partition coefficient (Wildman–Crippen LogP) is 0.683. The van der Waals surface area contributed by atoms with Crippen molar-refractivity contribution in [3.05, 3.63) is 11.6 Å². The van der Waals surface area contributed by atoms with E-state index < -0.39 is 0 Å². The first-order valence-electron chi connectivity index (χ1n) is 4.46. The highest BCUT2D eigenvalue weighted by atomic mass is 32.1. The molecule has 14 heavy (non-hydrogen) atoms. The molecule has 0 bridgehead atoms. The van der Waals surface area contributed by atoms with Gasteiger partial charge in [-0.15, -0.1) is 11.3 Å². The Morgan fingerprint density at radius 1 is 1.43 bits per heavy atom. The zero-order valence-corrected chi connectivity index (χ0v) is 8.52. The van der Waals surface area contributed by atoms with E-state index in [-0.39, 0.29) is 0 Å². The van der Waals surface area contributed by atoms with Gasteiger partial charge in [0.1, 0.15) is 6.34 Å². The lowest BCUT2D eigenvalue weighted by Gasteiger charge is -2.32. The largest absolute Gasteiger partial charge is 0.410 e. The zero-order valence-electron chi connectivity index (χ0n) is 7.70. The molecule has 0 saturated carbocycles. The maximum absolute atomic E-state index is 8.37. The highest BCUT2D eigenvalue weighted by Crippen LogP contribution is 2.18. The molecule has 0 radical (unpaired) electrons. The van der Waals surface area contributed by atoms with Crippen LogP contribution in [-0.4, -0.2) is 47.6 Å². The molecule has 2 rings (SSSR count). The lowest BCUT2D eigenvalue weighted by Crippen LogP contribution is -2.45. The van der Waals surface area contributed by atoms with Crippen LogP contribution in [0.5, 0.6) is 0 Å².